The Hall–Kier alpha value is -1.22. The largest absolute Gasteiger partial charge is 0.507 e. The van der Waals surface area contributed by atoms with Gasteiger partial charge in [-0.25, -0.2) is 4.79 Å². The summed E-state index contributed by atoms with van der Waals surface area (Å²) in [6.45, 7) is -0.555. The van der Waals surface area contributed by atoms with E-state index >= 15 is 0 Å². The number of carbonyl (C=O) groups is 2. The molecule has 5 nitrogen and oxygen atoms in total. The van der Waals surface area contributed by atoms with Crippen molar-refractivity contribution in [3.8, 4) is 5.75 Å². The van der Waals surface area contributed by atoms with E-state index in [0.717, 1.165) is 3.57 Å². The third-order valence-corrected chi connectivity index (χ3v) is 4.50. The van der Waals surface area contributed by atoms with E-state index in [1.165, 1.54) is 24.3 Å². The van der Waals surface area contributed by atoms with Gasteiger partial charge in [0.25, 0.3) is 5.91 Å². The summed E-state index contributed by atoms with van der Waals surface area (Å²) >= 11 is 19.6. The summed E-state index contributed by atoms with van der Waals surface area (Å²) in [6.07, 6.45) is 0. The van der Waals surface area contributed by atoms with Crippen LogP contribution in [0.15, 0.2) is 30.3 Å². The first-order chi connectivity index (χ1) is 11.3. The second-order valence-corrected chi connectivity index (χ2v) is 7.00. The van der Waals surface area contributed by atoms with Crippen molar-refractivity contribution in [1.82, 2.24) is 0 Å². The van der Waals surface area contributed by atoms with E-state index in [9.17, 15) is 14.7 Å². The van der Waals surface area contributed by atoms with Crippen LogP contribution >= 0.6 is 57.4 Å². The summed E-state index contributed by atoms with van der Waals surface area (Å²) in [4.78, 5) is 23.8. The minimum absolute atomic E-state index is 0.0257. The monoisotopic (exact) mass is 499 g/mol. The Kier molecular flexibility index (Phi) is 6.56. The van der Waals surface area contributed by atoms with Crippen molar-refractivity contribution in [2.24, 2.45) is 0 Å². The van der Waals surface area contributed by atoms with Gasteiger partial charge in [-0.05, 0) is 52.9 Å². The molecule has 0 aliphatic heterocycles. The smallest absolute Gasteiger partial charge is 0.342 e. The number of carbonyl (C=O) groups excluding carboxylic acids is 2. The number of hydrogen-bond acceptors (Lipinski definition) is 4. The number of phenols is 1. The second kappa shape index (κ2) is 8.24. The van der Waals surface area contributed by atoms with E-state index < -0.39 is 18.5 Å². The Balaban J connectivity index is 2.00. The van der Waals surface area contributed by atoms with Crippen LogP contribution in [0.3, 0.4) is 0 Å². The topological polar surface area (TPSA) is 75.6 Å². The molecular weight excluding hydrogens is 491 g/mol. The number of nitrogens with one attached hydrogen (secondary N) is 1. The first-order valence-corrected chi connectivity index (χ1v) is 8.59. The van der Waals surface area contributed by atoms with E-state index in [4.69, 9.17) is 39.5 Å². The van der Waals surface area contributed by atoms with Crippen LogP contribution in [-0.2, 0) is 9.53 Å². The van der Waals surface area contributed by atoms with Gasteiger partial charge in [0, 0.05) is 3.57 Å². The number of phenolic OH excluding ortho intramolecular Hbond substituents is 1. The van der Waals surface area contributed by atoms with Crippen molar-refractivity contribution in [3.63, 3.8) is 0 Å². The lowest BCUT2D eigenvalue weighted by molar-refractivity contribution is -0.119. The molecule has 0 unspecified atom stereocenters. The minimum atomic E-state index is -0.818. The average molecular weight is 501 g/mol. The number of amides is 1. The zero-order chi connectivity index (χ0) is 17.9. The first kappa shape index (κ1) is 19.1. The van der Waals surface area contributed by atoms with Gasteiger partial charge in [-0.3, -0.25) is 4.79 Å². The number of halogens is 4. The number of anilines is 1. The molecule has 2 rings (SSSR count). The lowest BCUT2D eigenvalue weighted by Gasteiger charge is -2.10. The van der Waals surface area contributed by atoms with Crippen LogP contribution in [0.2, 0.25) is 15.1 Å². The van der Waals surface area contributed by atoms with E-state index in [-0.39, 0.29) is 32.1 Å². The molecule has 2 aromatic carbocycles. The maximum absolute atomic E-state index is 11.9. The Morgan fingerprint density at radius 2 is 1.75 bits per heavy atom. The highest BCUT2D eigenvalue weighted by molar-refractivity contribution is 14.1. The van der Waals surface area contributed by atoms with E-state index in [2.05, 4.69) is 5.32 Å². The number of aromatic hydroxyl groups is 1. The molecule has 0 aliphatic carbocycles. The lowest BCUT2D eigenvalue weighted by Crippen LogP contribution is -2.21. The highest BCUT2D eigenvalue weighted by Gasteiger charge is 2.16. The van der Waals surface area contributed by atoms with E-state index in [1.54, 1.807) is 6.07 Å². The zero-order valence-corrected chi connectivity index (χ0v) is 16.2. The molecule has 0 aromatic heterocycles. The van der Waals surface area contributed by atoms with Crippen LogP contribution in [-0.4, -0.2) is 23.6 Å². The normalized spacial score (nSPS) is 10.3. The van der Waals surface area contributed by atoms with Gasteiger partial charge in [0.15, 0.2) is 6.61 Å². The Labute approximate surface area is 166 Å². The van der Waals surface area contributed by atoms with Crippen LogP contribution in [0.25, 0.3) is 0 Å². The molecule has 0 radical (unpaired) electrons. The quantitative estimate of drug-likeness (QED) is 0.361. The summed E-state index contributed by atoms with van der Waals surface area (Å²) in [6, 6.07) is 7.22. The van der Waals surface area contributed by atoms with Gasteiger partial charge in [-0.1, -0.05) is 34.8 Å². The summed E-state index contributed by atoms with van der Waals surface area (Å²) in [5.74, 6) is -1.66. The number of esters is 1. The molecule has 2 N–H and O–H groups in total. The Morgan fingerprint density at radius 3 is 2.46 bits per heavy atom. The number of rotatable bonds is 4. The Bertz CT molecular complexity index is 814. The van der Waals surface area contributed by atoms with Crippen LogP contribution in [0.5, 0.6) is 5.75 Å². The van der Waals surface area contributed by atoms with Gasteiger partial charge < -0.3 is 15.2 Å². The van der Waals surface area contributed by atoms with Gasteiger partial charge >= 0.3 is 5.97 Å². The number of ether oxygens (including phenoxy) is 1. The van der Waals surface area contributed by atoms with Crippen LogP contribution in [0, 0.1) is 3.57 Å². The van der Waals surface area contributed by atoms with E-state index in [0.29, 0.717) is 0 Å². The predicted octanol–water partition coefficient (Wildman–Crippen LogP) is 4.75. The van der Waals surface area contributed by atoms with Crippen molar-refractivity contribution >= 4 is 75.0 Å². The molecule has 0 saturated heterocycles. The first-order valence-electron chi connectivity index (χ1n) is 6.38. The van der Waals surface area contributed by atoms with Gasteiger partial charge in [0.1, 0.15) is 11.3 Å². The standard InChI is InChI=1S/C15H9Cl3INO4/c16-9-4-11(18)12(5-10(9)17)20-14(22)6-24-15(23)8-3-7(19)1-2-13(8)21/h1-5,21H,6H2,(H,20,22). The molecular formula is C15H9Cl3INO4. The van der Waals surface area contributed by atoms with Crippen LogP contribution in [0.4, 0.5) is 5.69 Å². The van der Waals surface area contributed by atoms with Crippen molar-refractivity contribution in [2.45, 2.75) is 0 Å². The van der Waals surface area contributed by atoms with Crippen LogP contribution < -0.4 is 5.32 Å². The molecule has 0 saturated carbocycles. The minimum Gasteiger partial charge on any atom is -0.507 e. The second-order valence-electron chi connectivity index (χ2n) is 4.53. The maximum Gasteiger partial charge on any atom is 0.342 e. The van der Waals surface area contributed by atoms with Crippen molar-refractivity contribution < 1.29 is 19.4 Å². The third kappa shape index (κ3) is 4.89. The molecule has 0 fully saturated rings. The highest BCUT2D eigenvalue weighted by atomic mass is 127. The predicted molar refractivity (Wildman–Crippen MR) is 101 cm³/mol. The third-order valence-electron chi connectivity index (χ3n) is 2.80. The summed E-state index contributed by atoms with van der Waals surface area (Å²) in [5, 5.41) is 12.8. The molecule has 0 atom stereocenters. The van der Waals surface area contributed by atoms with Crippen molar-refractivity contribution in [1.29, 1.82) is 0 Å². The van der Waals surface area contributed by atoms with Gasteiger partial charge in [0.2, 0.25) is 0 Å². The molecule has 0 heterocycles. The summed E-state index contributed by atoms with van der Waals surface area (Å²) in [7, 11) is 0. The van der Waals surface area contributed by atoms with Gasteiger partial charge in [-0.15, -0.1) is 0 Å². The molecule has 0 bridgehead atoms. The molecule has 0 spiro atoms. The highest BCUT2D eigenvalue weighted by Crippen LogP contribution is 2.32. The lowest BCUT2D eigenvalue weighted by atomic mass is 10.2. The van der Waals surface area contributed by atoms with Crippen LogP contribution in [0.1, 0.15) is 10.4 Å². The molecule has 1 amide bonds. The molecule has 126 valence electrons. The molecule has 0 aliphatic rings. The zero-order valence-electron chi connectivity index (χ0n) is 11.8. The fourth-order valence-corrected chi connectivity index (χ4v) is 2.77. The molecule has 9 heteroatoms. The fourth-order valence-electron chi connectivity index (χ4n) is 1.69. The molecule has 2 aromatic rings. The summed E-state index contributed by atoms with van der Waals surface area (Å²) in [5.41, 5.74) is 0.214. The maximum atomic E-state index is 11.9. The van der Waals surface area contributed by atoms with Gasteiger partial charge in [0.05, 0.1) is 20.8 Å². The van der Waals surface area contributed by atoms with Crippen molar-refractivity contribution in [2.75, 3.05) is 11.9 Å². The molecule has 24 heavy (non-hydrogen) atoms. The summed E-state index contributed by atoms with van der Waals surface area (Å²) < 4.78 is 5.62. The average Bonchev–Trinajstić information content (AvgIpc) is 2.52. The number of benzene rings is 2. The number of hydrogen-bond donors (Lipinski definition) is 2. The van der Waals surface area contributed by atoms with Crippen molar-refractivity contribution in [3.05, 3.63) is 54.5 Å². The SMILES string of the molecule is O=C(COC(=O)c1cc(I)ccc1O)Nc1cc(Cl)c(Cl)cc1Cl. The fraction of sp³-hybridized carbons (Fsp3) is 0.0667. The van der Waals surface area contributed by atoms with E-state index in [1.807, 2.05) is 22.6 Å². The Morgan fingerprint density at radius 1 is 1.08 bits per heavy atom. The van der Waals surface area contributed by atoms with Gasteiger partial charge in [-0.2, -0.15) is 0 Å².